The molecule has 1 atom stereocenters. The van der Waals surface area contributed by atoms with Gasteiger partial charge in [-0.1, -0.05) is 12.1 Å². The molecule has 0 radical (unpaired) electrons. The molecule has 0 aliphatic heterocycles. The third kappa shape index (κ3) is 3.19. The van der Waals surface area contributed by atoms with Crippen molar-refractivity contribution in [1.29, 1.82) is 5.26 Å². The van der Waals surface area contributed by atoms with Gasteiger partial charge < -0.3 is 5.73 Å². The standard InChI is InChI=1S/C11H15N3O2S/c1-8(6-12)17(15,16)14-7-10-4-3-5-11(13)9(10)2/h3-5,8,14H,7,13H2,1-2H3. The summed E-state index contributed by atoms with van der Waals surface area (Å²) in [5.41, 5.74) is 7.99. The highest BCUT2D eigenvalue weighted by Gasteiger charge is 2.19. The molecule has 0 amide bonds. The molecule has 3 N–H and O–H groups in total. The Morgan fingerprint density at radius 3 is 2.76 bits per heavy atom. The lowest BCUT2D eigenvalue weighted by atomic mass is 10.1. The first-order valence-corrected chi connectivity index (χ1v) is 6.65. The summed E-state index contributed by atoms with van der Waals surface area (Å²) < 4.78 is 25.5. The van der Waals surface area contributed by atoms with Crippen LogP contribution in [0.4, 0.5) is 5.69 Å². The molecule has 0 aliphatic rings. The highest BCUT2D eigenvalue weighted by atomic mass is 32.2. The number of benzene rings is 1. The summed E-state index contributed by atoms with van der Waals surface area (Å²) in [6.07, 6.45) is 0. The first-order chi connectivity index (χ1) is 7.88. The third-order valence-electron chi connectivity index (χ3n) is 2.60. The number of sulfonamides is 1. The number of anilines is 1. The second kappa shape index (κ2) is 5.17. The lowest BCUT2D eigenvalue weighted by Crippen LogP contribution is -2.31. The van der Waals surface area contributed by atoms with Gasteiger partial charge in [-0.2, -0.15) is 5.26 Å². The van der Waals surface area contributed by atoms with E-state index >= 15 is 0 Å². The molecule has 1 rings (SSSR count). The largest absolute Gasteiger partial charge is 0.399 e. The van der Waals surface area contributed by atoms with E-state index in [0.717, 1.165) is 11.1 Å². The van der Waals surface area contributed by atoms with Gasteiger partial charge in [0.1, 0.15) is 0 Å². The van der Waals surface area contributed by atoms with E-state index in [0.29, 0.717) is 5.69 Å². The van der Waals surface area contributed by atoms with Crippen molar-refractivity contribution in [2.75, 3.05) is 5.73 Å². The van der Waals surface area contributed by atoms with Gasteiger partial charge in [-0.15, -0.1) is 0 Å². The number of hydrogen-bond acceptors (Lipinski definition) is 4. The summed E-state index contributed by atoms with van der Waals surface area (Å²) in [5, 5.41) is 7.51. The van der Waals surface area contributed by atoms with Gasteiger partial charge in [0.05, 0.1) is 6.07 Å². The van der Waals surface area contributed by atoms with Gasteiger partial charge in [0, 0.05) is 12.2 Å². The van der Waals surface area contributed by atoms with Crippen LogP contribution in [0.5, 0.6) is 0 Å². The molecule has 1 unspecified atom stereocenters. The average molecular weight is 253 g/mol. The van der Waals surface area contributed by atoms with Crippen LogP contribution in [0, 0.1) is 18.3 Å². The van der Waals surface area contributed by atoms with Crippen molar-refractivity contribution in [1.82, 2.24) is 4.72 Å². The second-order valence-electron chi connectivity index (χ2n) is 3.77. The molecule has 0 heterocycles. The summed E-state index contributed by atoms with van der Waals surface area (Å²) >= 11 is 0. The van der Waals surface area contributed by atoms with E-state index in [1.54, 1.807) is 24.3 Å². The zero-order valence-corrected chi connectivity index (χ0v) is 10.6. The van der Waals surface area contributed by atoms with Crippen molar-refractivity contribution in [2.45, 2.75) is 25.6 Å². The minimum absolute atomic E-state index is 0.144. The van der Waals surface area contributed by atoms with Crippen molar-refractivity contribution in [3.63, 3.8) is 0 Å². The van der Waals surface area contributed by atoms with Crippen molar-refractivity contribution in [3.8, 4) is 6.07 Å². The van der Waals surface area contributed by atoms with Crippen LogP contribution in [0.1, 0.15) is 18.1 Å². The fourth-order valence-electron chi connectivity index (χ4n) is 1.27. The van der Waals surface area contributed by atoms with Crippen LogP contribution in [0.2, 0.25) is 0 Å². The molecule has 0 spiro atoms. The molecule has 0 aliphatic carbocycles. The number of nitriles is 1. The maximum absolute atomic E-state index is 11.6. The molecule has 0 saturated heterocycles. The highest BCUT2D eigenvalue weighted by Crippen LogP contribution is 2.15. The van der Waals surface area contributed by atoms with Crippen LogP contribution in [0.3, 0.4) is 0 Å². The molecule has 5 nitrogen and oxygen atoms in total. The number of hydrogen-bond donors (Lipinski definition) is 2. The van der Waals surface area contributed by atoms with Gasteiger partial charge in [-0.25, -0.2) is 13.1 Å². The molecular formula is C11H15N3O2S. The summed E-state index contributed by atoms with van der Waals surface area (Å²) in [4.78, 5) is 0. The number of nitrogens with one attached hydrogen (secondary N) is 1. The summed E-state index contributed by atoms with van der Waals surface area (Å²) in [6.45, 7) is 3.31. The Bertz CT molecular complexity index is 546. The van der Waals surface area contributed by atoms with Crippen LogP contribution in [0.25, 0.3) is 0 Å². The second-order valence-corrected chi connectivity index (χ2v) is 5.85. The summed E-state index contributed by atoms with van der Waals surface area (Å²) in [6, 6.07) is 7.01. The molecule has 6 heteroatoms. The molecule has 92 valence electrons. The van der Waals surface area contributed by atoms with Gasteiger partial charge >= 0.3 is 0 Å². The Balaban J connectivity index is 2.82. The number of nitrogens with zero attached hydrogens (tertiary/aromatic N) is 1. The predicted molar refractivity (Wildman–Crippen MR) is 66.4 cm³/mol. The Morgan fingerprint density at radius 2 is 2.18 bits per heavy atom. The molecule has 17 heavy (non-hydrogen) atoms. The lowest BCUT2D eigenvalue weighted by molar-refractivity contribution is 0.577. The molecule has 0 fully saturated rings. The van der Waals surface area contributed by atoms with Crippen LogP contribution in [0.15, 0.2) is 18.2 Å². The van der Waals surface area contributed by atoms with Crippen LogP contribution in [-0.2, 0) is 16.6 Å². The number of nitrogens with two attached hydrogens (primary N) is 1. The van der Waals surface area contributed by atoms with Crippen molar-refractivity contribution in [3.05, 3.63) is 29.3 Å². The van der Waals surface area contributed by atoms with E-state index in [1.165, 1.54) is 6.92 Å². The van der Waals surface area contributed by atoms with Crippen molar-refractivity contribution < 1.29 is 8.42 Å². The maximum atomic E-state index is 11.6. The zero-order valence-electron chi connectivity index (χ0n) is 9.77. The Labute approximate surface area is 101 Å². The van der Waals surface area contributed by atoms with E-state index in [1.807, 2.05) is 6.92 Å². The van der Waals surface area contributed by atoms with Crippen LogP contribution in [-0.4, -0.2) is 13.7 Å². The molecule has 0 bridgehead atoms. The van der Waals surface area contributed by atoms with Crippen LogP contribution >= 0.6 is 0 Å². The normalized spacial score (nSPS) is 13.0. The van der Waals surface area contributed by atoms with Gasteiger partial charge in [-0.3, -0.25) is 0 Å². The number of nitrogen functional groups attached to an aromatic ring is 1. The topological polar surface area (TPSA) is 96.0 Å². The van der Waals surface area contributed by atoms with Gasteiger partial charge in [-0.05, 0) is 31.0 Å². The first kappa shape index (κ1) is 13.5. The average Bonchev–Trinajstić information content (AvgIpc) is 2.30. The van der Waals surface area contributed by atoms with E-state index in [4.69, 9.17) is 11.0 Å². The fourth-order valence-corrected chi connectivity index (χ4v) is 2.01. The monoisotopic (exact) mass is 253 g/mol. The smallest absolute Gasteiger partial charge is 0.227 e. The van der Waals surface area contributed by atoms with Gasteiger partial charge in [0.25, 0.3) is 0 Å². The highest BCUT2D eigenvalue weighted by molar-refractivity contribution is 7.90. The minimum Gasteiger partial charge on any atom is -0.399 e. The maximum Gasteiger partial charge on any atom is 0.227 e. The van der Waals surface area contributed by atoms with E-state index < -0.39 is 15.3 Å². The lowest BCUT2D eigenvalue weighted by Gasteiger charge is -2.11. The van der Waals surface area contributed by atoms with Gasteiger partial charge in [0.2, 0.25) is 10.0 Å². The SMILES string of the molecule is Cc1c(N)cccc1CNS(=O)(=O)C(C)C#N. The summed E-state index contributed by atoms with van der Waals surface area (Å²) in [5.74, 6) is 0. The van der Waals surface area contributed by atoms with Crippen molar-refractivity contribution in [2.24, 2.45) is 0 Å². The Morgan fingerprint density at radius 1 is 1.53 bits per heavy atom. The Hall–Kier alpha value is -1.58. The molecule has 1 aromatic rings. The predicted octanol–water partition coefficient (Wildman–Crippen LogP) is 0.909. The third-order valence-corrected chi connectivity index (χ3v) is 4.18. The Kier molecular flexibility index (Phi) is 4.10. The molecule has 1 aromatic carbocycles. The first-order valence-electron chi connectivity index (χ1n) is 5.10. The molecule has 0 saturated carbocycles. The minimum atomic E-state index is -3.59. The van der Waals surface area contributed by atoms with Crippen molar-refractivity contribution >= 4 is 15.7 Å². The van der Waals surface area contributed by atoms with E-state index in [2.05, 4.69) is 4.72 Å². The molecule has 0 aromatic heterocycles. The van der Waals surface area contributed by atoms with E-state index in [-0.39, 0.29) is 6.54 Å². The van der Waals surface area contributed by atoms with Crippen LogP contribution < -0.4 is 10.5 Å². The number of rotatable bonds is 4. The fraction of sp³-hybridized carbons (Fsp3) is 0.364. The quantitative estimate of drug-likeness (QED) is 0.779. The summed E-state index contributed by atoms with van der Waals surface area (Å²) in [7, 11) is -3.59. The van der Waals surface area contributed by atoms with E-state index in [9.17, 15) is 8.42 Å². The zero-order chi connectivity index (χ0) is 13.1. The molecular weight excluding hydrogens is 238 g/mol. The van der Waals surface area contributed by atoms with Gasteiger partial charge in [0.15, 0.2) is 5.25 Å².